The van der Waals surface area contributed by atoms with Gasteiger partial charge in [0.1, 0.15) is 6.54 Å². The number of likely N-dealkylation sites (N-methyl/N-ethyl adjacent to an activating group) is 1. The predicted molar refractivity (Wildman–Crippen MR) is 58.8 cm³/mol. The van der Waals surface area contributed by atoms with Crippen molar-refractivity contribution in [3.8, 4) is 0 Å². The normalized spacial score (nSPS) is 31.7. The van der Waals surface area contributed by atoms with Gasteiger partial charge in [-0.1, -0.05) is 12.8 Å². The number of hydrogen-bond acceptors (Lipinski definition) is 2. The number of carboxylic acids is 1. The molecule has 0 aromatic heterocycles. The molecule has 2 fully saturated rings. The number of amides is 1. The van der Waals surface area contributed by atoms with Gasteiger partial charge in [-0.3, -0.25) is 9.59 Å². The third-order valence-electron chi connectivity index (χ3n) is 3.96. The lowest BCUT2D eigenvalue weighted by Crippen LogP contribution is -2.37. The Balaban J connectivity index is 1.93. The molecule has 90 valence electrons. The highest BCUT2D eigenvalue weighted by Crippen LogP contribution is 2.56. The zero-order chi connectivity index (χ0) is 11.7. The maximum atomic E-state index is 12.1. The minimum absolute atomic E-state index is 0.0711. The van der Waals surface area contributed by atoms with Crippen LogP contribution in [0.25, 0.3) is 0 Å². The van der Waals surface area contributed by atoms with Gasteiger partial charge in [-0.2, -0.15) is 0 Å². The van der Waals surface area contributed by atoms with Crippen LogP contribution in [-0.4, -0.2) is 35.0 Å². The summed E-state index contributed by atoms with van der Waals surface area (Å²) in [6.07, 6.45) is 4.78. The maximum absolute atomic E-state index is 12.1. The molecular formula is C12H19NO3. The summed E-state index contributed by atoms with van der Waals surface area (Å²) < 4.78 is 0. The Morgan fingerprint density at radius 2 is 1.81 bits per heavy atom. The molecule has 0 radical (unpaired) electrons. The summed E-state index contributed by atoms with van der Waals surface area (Å²) in [5.41, 5.74) is 0. The van der Waals surface area contributed by atoms with Crippen LogP contribution < -0.4 is 0 Å². The van der Waals surface area contributed by atoms with E-state index < -0.39 is 5.97 Å². The Bertz CT molecular complexity index is 291. The fraction of sp³-hybridized carbons (Fsp3) is 0.833. The average Bonchev–Trinajstić information content (AvgIpc) is 2.98. The average molecular weight is 225 g/mol. The smallest absolute Gasteiger partial charge is 0.323 e. The van der Waals surface area contributed by atoms with Gasteiger partial charge in [0.15, 0.2) is 0 Å². The molecule has 0 aromatic rings. The molecule has 0 saturated heterocycles. The van der Waals surface area contributed by atoms with Crippen molar-refractivity contribution in [2.45, 2.75) is 32.6 Å². The molecule has 16 heavy (non-hydrogen) atoms. The summed E-state index contributed by atoms with van der Waals surface area (Å²) in [6.45, 7) is 2.19. The minimum Gasteiger partial charge on any atom is -0.480 e. The first-order chi connectivity index (χ1) is 7.65. The van der Waals surface area contributed by atoms with E-state index in [9.17, 15) is 9.59 Å². The van der Waals surface area contributed by atoms with E-state index in [1.807, 2.05) is 6.92 Å². The number of hydrogen-bond donors (Lipinski definition) is 1. The van der Waals surface area contributed by atoms with Gasteiger partial charge in [0.2, 0.25) is 5.91 Å². The van der Waals surface area contributed by atoms with Crippen LogP contribution in [0.15, 0.2) is 0 Å². The van der Waals surface area contributed by atoms with Crippen molar-refractivity contribution in [1.29, 1.82) is 0 Å². The standard InChI is InChI=1S/C12H19NO3/c1-2-13(7-10(14)15)12(16)11-8-5-3-4-6-9(8)11/h8-9,11H,2-7H2,1H3,(H,14,15). The number of nitrogens with zero attached hydrogens (tertiary/aromatic N) is 1. The molecule has 4 heteroatoms. The van der Waals surface area contributed by atoms with Crippen LogP contribution in [0, 0.1) is 17.8 Å². The molecule has 2 aliphatic rings. The topological polar surface area (TPSA) is 57.6 Å². The van der Waals surface area contributed by atoms with Crippen molar-refractivity contribution in [2.75, 3.05) is 13.1 Å². The van der Waals surface area contributed by atoms with E-state index in [0.717, 1.165) is 12.8 Å². The zero-order valence-corrected chi connectivity index (χ0v) is 9.69. The molecule has 0 aromatic carbocycles. The maximum Gasteiger partial charge on any atom is 0.323 e. The molecule has 0 bridgehead atoms. The highest BCUT2D eigenvalue weighted by Gasteiger charge is 2.55. The summed E-state index contributed by atoms with van der Waals surface area (Å²) in [6, 6.07) is 0. The van der Waals surface area contributed by atoms with E-state index in [-0.39, 0.29) is 18.4 Å². The summed E-state index contributed by atoms with van der Waals surface area (Å²) in [5, 5.41) is 8.73. The van der Waals surface area contributed by atoms with Crippen LogP contribution in [0.1, 0.15) is 32.6 Å². The Kier molecular flexibility index (Phi) is 3.17. The van der Waals surface area contributed by atoms with E-state index in [1.54, 1.807) is 0 Å². The van der Waals surface area contributed by atoms with Crippen LogP contribution in [0.4, 0.5) is 0 Å². The number of carboxylic acid groups (broad SMARTS) is 1. The number of aliphatic carboxylic acids is 1. The molecule has 2 aliphatic carbocycles. The second kappa shape index (κ2) is 4.44. The van der Waals surface area contributed by atoms with Gasteiger partial charge in [-0.25, -0.2) is 0 Å². The summed E-state index contributed by atoms with van der Waals surface area (Å²) in [7, 11) is 0. The predicted octanol–water partition coefficient (Wildman–Crippen LogP) is 1.36. The Labute approximate surface area is 95.6 Å². The SMILES string of the molecule is CCN(CC(=O)O)C(=O)C1C2CCCCC21. The summed E-state index contributed by atoms with van der Waals surface area (Å²) >= 11 is 0. The number of carbonyl (C=O) groups excluding carboxylic acids is 1. The van der Waals surface area contributed by atoms with Crippen LogP contribution >= 0.6 is 0 Å². The van der Waals surface area contributed by atoms with E-state index in [4.69, 9.17) is 5.11 Å². The Morgan fingerprint density at radius 1 is 1.25 bits per heavy atom. The van der Waals surface area contributed by atoms with E-state index in [1.165, 1.54) is 17.7 Å². The van der Waals surface area contributed by atoms with Crippen LogP contribution in [-0.2, 0) is 9.59 Å². The second-order valence-corrected chi connectivity index (χ2v) is 4.88. The van der Waals surface area contributed by atoms with Crippen molar-refractivity contribution in [1.82, 2.24) is 4.90 Å². The molecule has 2 saturated carbocycles. The summed E-state index contributed by atoms with van der Waals surface area (Å²) in [4.78, 5) is 24.2. The molecule has 1 N–H and O–H groups in total. The number of fused-ring (bicyclic) bond motifs is 1. The van der Waals surface area contributed by atoms with Crippen LogP contribution in [0.2, 0.25) is 0 Å². The van der Waals surface area contributed by atoms with Gasteiger partial charge >= 0.3 is 5.97 Å². The first-order valence-corrected chi connectivity index (χ1v) is 6.15. The van der Waals surface area contributed by atoms with Crippen LogP contribution in [0.5, 0.6) is 0 Å². The third-order valence-corrected chi connectivity index (χ3v) is 3.96. The molecular weight excluding hydrogens is 206 g/mol. The van der Waals surface area contributed by atoms with Crippen molar-refractivity contribution in [3.63, 3.8) is 0 Å². The van der Waals surface area contributed by atoms with Crippen LogP contribution in [0.3, 0.4) is 0 Å². The zero-order valence-electron chi connectivity index (χ0n) is 9.69. The number of carbonyl (C=O) groups is 2. The molecule has 0 heterocycles. The minimum atomic E-state index is -0.918. The molecule has 0 spiro atoms. The van der Waals surface area contributed by atoms with Crippen molar-refractivity contribution in [2.24, 2.45) is 17.8 Å². The van der Waals surface area contributed by atoms with E-state index in [0.29, 0.717) is 18.4 Å². The lowest BCUT2D eigenvalue weighted by molar-refractivity contribution is -0.145. The van der Waals surface area contributed by atoms with Crippen molar-refractivity contribution < 1.29 is 14.7 Å². The quantitative estimate of drug-likeness (QED) is 0.785. The van der Waals surface area contributed by atoms with E-state index in [2.05, 4.69) is 0 Å². The first-order valence-electron chi connectivity index (χ1n) is 6.15. The Hall–Kier alpha value is -1.06. The first kappa shape index (κ1) is 11.4. The second-order valence-electron chi connectivity index (χ2n) is 4.88. The lowest BCUT2D eigenvalue weighted by Gasteiger charge is -2.18. The third kappa shape index (κ3) is 2.06. The van der Waals surface area contributed by atoms with Crippen molar-refractivity contribution >= 4 is 11.9 Å². The highest BCUT2D eigenvalue weighted by molar-refractivity contribution is 5.85. The van der Waals surface area contributed by atoms with Crippen molar-refractivity contribution in [3.05, 3.63) is 0 Å². The monoisotopic (exact) mass is 225 g/mol. The Morgan fingerprint density at radius 3 is 2.25 bits per heavy atom. The lowest BCUT2D eigenvalue weighted by atomic mass is 10.0. The molecule has 0 aliphatic heterocycles. The van der Waals surface area contributed by atoms with Gasteiger partial charge in [0, 0.05) is 12.5 Å². The van der Waals surface area contributed by atoms with Gasteiger partial charge in [-0.15, -0.1) is 0 Å². The highest BCUT2D eigenvalue weighted by atomic mass is 16.4. The molecule has 2 rings (SSSR count). The van der Waals surface area contributed by atoms with Gasteiger partial charge < -0.3 is 10.0 Å². The fourth-order valence-corrected chi connectivity index (χ4v) is 3.08. The van der Waals surface area contributed by atoms with Gasteiger partial charge in [0.05, 0.1) is 0 Å². The van der Waals surface area contributed by atoms with Gasteiger partial charge in [-0.05, 0) is 31.6 Å². The largest absolute Gasteiger partial charge is 0.480 e. The number of rotatable bonds is 4. The molecule has 1 amide bonds. The van der Waals surface area contributed by atoms with Gasteiger partial charge in [0.25, 0.3) is 0 Å². The fourth-order valence-electron chi connectivity index (χ4n) is 3.08. The molecule has 2 unspecified atom stereocenters. The summed E-state index contributed by atoms with van der Waals surface area (Å²) in [5.74, 6) is 0.413. The molecule has 4 nitrogen and oxygen atoms in total. The molecule has 2 atom stereocenters. The van der Waals surface area contributed by atoms with E-state index >= 15 is 0 Å².